The quantitative estimate of drug-likeness (QED) is 0.208. The minimum atomic E-state index is 0.820. The van der Waals surface area contributed by atoms with Gasteiger partial charge in [0, 0.05) is 38.1 Å². The first-order valence-electron chi connectivity index (χ1n) is 14.3. The van der Waals surface area contributed by atoms with Crippen molar-refractivity contribution in [1.29, 1.82) is 0 Å². The fraction of sp³-hybridized carbons (Fsp3) is 0. The fourth-order valence-electron chi connectivity index (χ4n) is 5.58. The van der Waals surface area contributed by atoms with Crippen LogP contribution in [-0.2, 0) is 0 Å². The molecule has 4 aromatic carbocycles. The number of hydrogen-bond acceptors (Lipinski definition) is 4. The van der Waals surface area contributed by atoms with Gasteiger partial charge < -0.3 is 0 Å². The minimum absolute atomic E-state index is 0.820. The van der Waals surface area contributed by atoms with Crippen LogP contribution in [0.15, 0.2) is 152 Å². The van der Waals surface area contributed by atoms with Gasteiger partial charge in [-0.15, -0.1) is 11.3 Å². The van der Waals surface area contributed by atoms with Crippen LogP contribution >= 0.6 is 11.3 Å². The van der Waals surface area contributed by atoms with E-state index in [1.165, 1.54) is 31.3 Å². The Morgan fingerprint density at radius 3 is 1.74 bits per heavy atom. The van der Waals surface area contributed by atoms with E-state index in [1.54, 1.807) is 6.20 Å². The number of nitrogens with zero attached hydrogens (tertiary/aromatic N) is 3. The predicted molar refractivity (Wildman–Crippen MR) is 180 cm³/mol. The van der Waals surface area contributed by atoms with Gasteiger partial charge in [0.15, 0.2) is 0 Å². The van der Waals surface area contributed by atoms with Crippen molar-refractivity contribution in [2.24, 2.45) is 0 Å². The molecule has 4 aromatic heterocycles. The van der Waals surface area contributed by atoms with Gasteiger partial charge in [-0.2, -0.15) is 0 Å². The molecule has 43 heavy (non-hydrogen) atoms. The van der Waals surface area contributed by atoms with Gasteiger partial charge in [0.25, 0.3) is 0 Å². The number of rotatable bonds is 5. The predicted octanol–water partition coefficient (Wildman–Crippen LogP) is 10.6. The zero-order valence-electron chi connectivity index (χ0n) is 23.2. The average Bonchev–Trinajstić information content (AvgIpc) is 3.47. The summed E-state index contributed by atoms with van der Waals surface area (Å²) in [5.41, 5.74) is 10.2. The van der Waals surface area contributed by atoms with Crippen molar-refractivity contribution < 1.29 is 0 Å². The maximum absolute atomic E-state index is 4.96. The Morgan fingerprint density at radius 1 is 0.372 bits per heavy atom. The Hall–Kier alpha value is -5.45. The lowest BCUT2D eigenvalue weighted by Crippen LogP contribution is -1.94. The second-order valence-electron chi connectivity index (χ2n) is 10.5. The van der Waals surface area contributed by atoms with E-state index < -0.39 is 0 Å². The zero-order chi connectivity index (χ0) is 28.6. The highest BCUT2D eigenvalue weighted by Crippen LogP contribution is 2.37. The third-order valence-electron chi connectivity index (χ3n) is 7.82. The Bertz CT molecular complexity index is 2150. The first kappa shape index (κ1) is 25.3. The number of fused-ring (bicyclic) bond motifs is 3. The number of benzene rings is 4. The monoisotopic (exact) mass is 567 g/mol. The standard InChI is InChI=1S/C39H25N3S/c1-2-8-26(9-3-1)31-22-36(34-11-6-7-21-40-34)42-37(23-31)35-20-18-30(25-41-35)28-15-13-27(14-16-28)29-17-19-33-32-10-4-5-12-38(32)43-39(33)24-29/h1-25H. The summed E-state index contributed by atoms with van der Waals surface area (Å²) in [4.78, 5) is 14.4. The molecule has 4 heteroatoms. The normalized spacial score (nSPS) is 11.3. The van der Waals surface area contributed by atoms with Gasteiger partial charge in [0.2, 0.25) is 0 Å². The highest BCUT2D eigenvalue weighted by Gasteiger charge is 2.11. The fourth-order valence-corrected chi connectivity index (χ4v) is 6.73. The van der Waals surface area contributed by atoms with E-state index >= 15 is 0 Å². The molecule has 0 atom stereocenters. The molecule has 0 N–H and O–H groups in total. The summed E-state index contributed by atoms with van der Waals surface area (Å²) >= 11 is 1.85. The molecule has 0 aliphatic heterocycles. The molecular formula is C39H25N3S. The van der Waals surface area contributed by atoms with Gasteiger partial charge in [-0.1, -0.05) is 97.1 Å². The molecule has 0 aliphatic carbocycles. The lowest BCUT2D eigenvalue weighted by Gasteiger charge is -2.10. The molecule has 0 radical (unpaired) electrons. The van der Waals surface area contributed by atoms with Crippen LogP contribution in [0.5, 0.6) is 0 Å². The summed E-state index contributed by atoms with van der Waals surface area (Å²) in [7, 11) is 0. The zero-order valence-corrected chi connectivity index (χ0v) is 24.0. The van der Waals surface area contributed by atoms with Crippen molar-refractivity contribution in [1.82, 2.24) is 15.0 Å². The minimum Gasteiger partial charge on any atom is -0.255 e. The molecule has 3 nitrogen and oxygen atoms in total. The highest BCUT2D eigenvalue weighted by atomic mass is 32.1. The first-order valence-corrected chi connectivity index (χ1v) is 15.1. The summed E-state index contributed by atoms with van der Waals surface area (Å²) in [6.45, 7) is 0. The second kappa shape index (κ2) is 10.8. The van der Waals surface area contributed by atoms with E-state index in [4.69, 9.17) is 9.97 Å². The Labute approximate surface area is 253 Å². The summed E-state index contributed by atoms with van der Waals surface area (Å²) in [6, 6.07) is 48.8. The Balaban J connectivity index is 1.10. The third kappa shape index (κ3) is 4.88. The van der Waals surface area contributed by atoms with E-state index in [2.05, 4.69) is 120 Å². The van der Waals surface area contributed by atoms with Gasteiger partial charge in [-0.25, -0.2) is 4.98 Å². The molecule has 0 fully saturated rings. The molecule has 8 rings (SSSR count). The number of thiophene rings is 1. The van der Waals surface area contributed by atoms with E-state index in [9.17, 15) is 0 Å². The van der Waals surface area contributed by atoms with E-state index in [0.717, 1.165) is 45.0 Å². The topological polar surface area (TPSA) is 38.7 Å². The van der Waals surface area contributed by atoms with Crippen molar-refractivity contribution in [2.75, 3.05) is 0 Å². The van der Waals surface area contributed by atoms with Gasteiger partial charge in [0.1, 0.15) is 0 Å². The van der Waals surface area contributed by atoms with E-state index in [-0.39, 0.29) is 0 Å². The third-order valence-corrected chi connectivity index (χ3v) is 8.95. The van der Waals surface area contributed by atoms with Gasteiger partial charge >= 0.3 is 0 Å². The van der Waals surface area contributed by atoms with Crippen molar-refractivity contribution >= 4 is 31.5 Å². The molecule has 202 valence electrons. The lowest BCUT2D eigenvalue weighted by molar-refractivity contribution is 1.22. The summed E-state index contributed by atoms with van der Waals surface area (Å²) in [5, 5.41) is 2.65. The lowest BCUT2D eigenvalue weighted by atomic mass is 10.00. The molecule has 0 spiro atoms. The van der Waals surface area contributed by atoms with Crippen molar-refractivity contribution in [3.8, 4) is 56.2 Å². The smallest absolute Gasteiger partial charge is 0.0900 e. The van der Waals surface area contributed by atoms with Crippen LogP contribution in [0.4, 0.5) is 0 Å². The number of aromatic nitrogens is 3. The maximum atomic E-state index is 4.96. The molecule has 8 aromatic rings. The molecule has 0 saturated heterocycles. The Kier molecular flexibility index (Phi) is 6.32. The highest BCUT2D eigenvalue weighted by molar-refractivity contribution is 7.25. The molecule has 0 saturated carbocycles. The molecule has 0 amide bonds. The Morgan fingerprint density at radius 2 is 1.00 bits per heavy atom. The molecule has 0 unspecified atom stereocenters. The molecular weight excluding hydrogens is 543 g/mol. The summed E-state index contributed by atoms with van der Waals surface area (Å²) in [5.74, 6) is 0. The van der Waals surface area contributed by atoms with Crippen molar-refractivity contribution in [3.05, 3.63) is 152 Å². The molecule has 0 aliphatic rings. The van der Waals surface area contributed by atoms with Crippen LogP contribution in [-0.4, -0.2) is 15.0 Å². The van der Waals surface area contributed by atoms with E-state index in [1.807, 2.05) is 41.8 Å². The van der Waals surface area contributed by atoms with Gasteiger partial charge in [0.05, 0.1) is 22.8 Å². The summed E-state index contributed by atoms with van der Waals surface area (Å²) < 4.78 is 2.65. The number of hydrogen-bond donors (Lipinski definition) is 0. The molecule has 0 bridgehead atoms. The van der Waals surface area contributed by atoms with Gasteiger partial charge in [-0.3, -0.25) is 9.97 Å². The molecule has 4 heterocycles. The largest absolute Gasteiger partial charge is 0.255 e. The van der Waals surface area contributed by atoms with Crippen LogP contribution in [0, 0.1) is 0 Å². The van der Waals surface area contributed by atoms with Crippen LogP contribution < -0.4 is 0 Å². The second-order valence-corrected chi connectivity index (χ2v) is 11.6. The van der Waals surface area contributed by atoms with Crippen LogP contribution in [0.3, 0.4) is 0 Å². The average molecular weight is 568 g/mol. The van der Waals surface area contributed by atoms with E-state index in [0.29, 0.717) is 0 Å². The summed E-state index contributed by atoms with van der Waals surface area (Å²) in [6.07, 6.45) is 3.73. The van der Waals surface area contributed by atoms with Gasteiger partial charge in [-0.05, 0) is 70.3 Å². The first-order chi connectivity index (χ1) is 21.3. The van der Waals surface area contributed by atoms with Crippen LogP contribution in [0.2, 0.25) is 0 Å². The maximum Gasteiger partial charge on any atom is 0.0900 e. The van der Waals surface area contributed by atoms with Crippen LogP contribution in [0.25, 0.3) is 76.3 Å². The van der Waals surface area contributed by atoms with Crippen LogP contribution in [0.1, 0.15) is 0 Å². The van der Waals surface area contributed by atoms with Crippen molar-refractivity contribution in [3.63, 3.8) is 0 Å². The SMILES string of the molecule is c1ccc(-c2cc(-c3ccccn3)nc(-c3ccc(-c4ccc(-c5ccc6c(c5)sc5ccccc56)cc4)cn3)c2)cc1. The van der Waals surface area contributed by atoms with Crippen molar-refractivity contribution in [2.45, 2.75) is 0 Å². The number of pyridine rings is 3.